The van der Waals surface area contributed by atoms with Crippen LogP contribution in [0.25, 0.3) is 0 Å². The van der Waals surface area contributed by atoms with Gasteiger partial charge in [0.05, 0.1) is 11.4 Å². The van der Waals surface area contributed by atoms with Crippen molar-refractivity contribution in [2.75, 3.05) is 10.6 Å². The van der Waals surface area contributed by atoms with Gasteiger partial charge < -0.3 is 15.4 Å². The van der Waals surface area contributed by atoms with Gasteiger partial charge in [-0.1, -0.05) is 30.7 Å². The van der Waals surface area contributed by atoms with E-state index in [0.29, 0.717) is 34.4 Å². The molecule has 0 saturated heterocycles. The second-order valence-corrected chi connectivity index (χ2v) is 5.94. The van der Waals surface area contributed by atoms with E-state index in [0.717, 1.165) is 5.69 Å². The molecule has 132 valence electrons. The minimum absolute atomic E-state index is 0.0490. The van der Waals surface area contributed by atoms with Gasteiger partial charge in [0.25, 0.3) is 0 Å². The molecule has 0 fully saturated rings. The predicted molar refractivity (Wildman–Crippen MR) is 104 cm³/mol. The molecule has 5 nitrogen and oxygen atoms in total. The number of para-hydroxylation sites is 2. The number of halogens is 1. The number of carbonyl (C=O) groups is 1. The summed E-state index contributed by atoms with van der Waals surface area (Å²) < 4.78 is 5.82. The molecule has 1 aromatic heterocycles. The molecule has 1 heterocycles. The van der Waals surface area contributed by atoms with Crippen LogP contribution in [0.4, 0.5) is 17.2 Å². The van der Waals surface area contributed by atoms with E-state index in [-0.39, 0.29) is 5.91 Å². The molecule has 1 amide bonds. The maximum Gasteiger partial charge on any atom is 0.224 e. The van der Waals surface area contributed by atoms with Crippen molar-refractivity contribution in [1.82, 2.24) is 4.98 Å². The molecule has 0 radical (unpaired) electrons. The van der Waals surface area contributed by atoms with Gasteiger partial charge in [0, 0.05) is 23.7 Å². The zero-order valence-electron chi connectivity index (χ0n) is 14.2. The van der Waals surface area contributed by atoms with Crippen molar-refractivity contribution in [3.05, 3.63) is 71.9 Å². The fraction of sp³-hybridized carbons (Fsp3) is 0.100. The Morgan fingerprint density at radius 1 is 1.04 bits per heavy atom. The molecule has 0 aliphatic rings. The summed E-state index contributed by atoms with van der Waals surface area (Å²) in [6.45, 7) is 1.81. The average Bonchev–Trinajstić information content (AvgIpc) is 2.65. The molecule has 0 saturated carbocycles. The summed E-state index contributed by atoms with van der Waals surface area (Å²) in [6, 6.07) is 18.1. The van der Waals surface area contributed by atoms with Crippen LogP contribution in [0.5, 0.6) is 11.5 Å². The minimum Gasteiger partial charge on any atom is -0.457 e. The molecule has 0 unspecified atom stereocenters. The van der Waals surface area contributed by atoms with Crippen molar-refractivity contribution in [2.24, 2.45) is 0 Å². The summed E-state index contributed by atoms with van der Waals surface area (Å²) in [5, 5.41) is 6.73. The number of nitrogens with one attached hydrogen (secondary N) is 2. The van der Waals surface area contributed by atoms with Gasteiger partial charge in [0.15, 0.2) is 0 Å². The SMILES string of the molecule is CCC(=O)Nc1ccccc1Nc1cc(Oc2ccc(Cl)cc2)ccn1. The van der Waals surface area contributed by atoms with Gasteiger partial charge in [0.1, 0.15) is 17.3 Å². The van der Waals surface area contributed by atoms with E-state index in [2.05, 4.69) is 15.6 Å². The molecule has 2 N–H and O–H groups in total. The van der Waals surface area contributed by atoms with Crippen molar-refractivity contribution in [3.8, 4) is 11.5 Å². The normalized spacial score (nSPS) is 10.2. The van der Waals surface area contributed by atoms with Crippen LogP contribution in [-0.4, -0.2) is 10.9 Å². The Balaban J connectivity index is 1.77. The number of aromatic nitrogens is 1. The van der Waals surface area contributed by atoms with Gasteiger partial charge in [0.2, 0.25) is 5.91 Å². The number of pyridine rings is 1. The highest BCUT2D eigenvalue weighted by atomic mass is 35.5. The molecule has 6 heteroatoms. The number of carbonyl (C=O) groups excluding carboxylic acids is 1. The summed E-state index contributed by atoms with van der Waals surface area (Å²) in [7, 11) is 0. The van der Waals surface area contributed by atoms with E-state index in [1.807, 2.05) is 31.2 Å². The Bertz CT molecular complexity index is 898. The monoisotopic (exact) mass is 367 g/mol. The van der Waals surface area contributed by atoms with Crippen LogP contribution in [-0.2, 0) is 4.79 Å². The van der Waals surface area contributed by atoms with E-state index in [1.54, 1.807) is 42.6 Å². The summed E-state index contributed by atoms with van der Waals surface area (Å²) in [4.78, 5) is 16.0. The molecule has 3 rings (SSSR count). The molecule has 0 aliphatic heterocycles. The molecule has 0 bridgehead atoms. The lowest BCUT2D eigenvalue weighted by molar-refractivity contribution is -0.115. The van der Waals surface area contributed by atoms with Crippen molar-refractivity contribution in [2.45, 2.75) is 13.3 Å². The van der Waals surface area contributed by atoms with Crippen LogP contribution < -0.4 is 15.4 Å². The van der Waals surface area contributed by atoms with Crippen LogP contribution in [0, 0.1) is 0 Å². The van der Waals surface area contributed by atoms with Crippen molar-refractivity contribution in [3.63, 3.8) is 0 Å². The predicted octanol–water partition coefficient (Wildman–Crippen LogP) is 5.62. The fourth-order valence-electron chi connectivity index (χ4n) is 2.26. The van der Waals surface area contributed by atoms with Crippen molar-refractivity contribution in [1.29, 1.82) is 0 Å². The van der Waals surface area contributed by atoms with E-state index >= 15 is 0 Å². The van der Waals surface area contributed by atoms with Crippen LogP contribution in [0.1, 0.15) is 13.3 Å². The first-order valence-corrected chi connectivity index (χ1v) is 8.57. The molecule has 0 spiro atoms. The number of nitrogens with zero attached hydrogens (tertiary/aromatic N) is 1. The van der Waals surface area contributed by atoms with Gasteiger partial charge >= 0.3 is 0 Å². The molecule has 0 atom stereocenters. The van der Waals surface area contributed by atoms with E-state index < -0.39 is 0 Å². The maximum atomic E-state index is 11.7. The number of hydrogen-bond donors (Lipinski definition) is 2. The van der Waals surface area contributed by atoms with Gasteiger partial charge in [-0.3, -0.25) is 4.79 Å². The van der Waals surface area contributed by atoms with Gasteiger partial charge in [-0.05, 0) is 42.5 Å². The molecular weight excluding hydrogens is 350 g/mol. The maximum absolute atomic E-state index is 11.7. The van der Waals surface area contributed by atoms with Crippen molar-refractivity contribution < 1.29 is 9.53 Å². The molecule has 3 aromatic rings. The van der Waals surface area contributed by atoms with E-state index in [4.69, 9.17) is 16.3 Å². The summed E-state index contributed by atoms with van der Waals surface area (Å²) in [6.07, 6.45) is 2.07. The smallest absolute Gasteiger partial charge is 0.224 e. The van der Waals surface area contributed by atoms with Crippen LogP contribution >= 0.6 is 11.6 Å². The first-order valence-electron chi connectivity index (χ1n) is 8.19. The minimum atomic E-state index is -0.0490. The topological polar surface area (TPSA) is 63.2 Å². The number of amides is 1. The Morgan fingerprint density at radius 2 is 1.77 bits per heavy atom. The molecular formula is C20H18ClN3O2. The molecule has 2 aromatic carbocycles. The van der Waals surface area contributed by atoms with Crippen molar-refractivity contribution >= 4 is 34.7 Å². The Hall–Kier alpha value is -3.05. The second kappa shape index (κ2) is 8.36. The largest absolute Gasteiger partial charge is 0.457 e. The lowest BCUT2D eigenvalue weighted by Crippen LogP contribution is -2.11. The summed E-state index contributed by atoms with van der Waals surface area (Å²) in [5.74, 6) is 1.88. The Kier molecular flexibility index (Phi) is 5.71. The Labute approximate surface area is 157 Å². The Morgan fingerprint density at radius 3 is 2.50 bits per heavy atom. The van der Waals surface area contributed by atoms with E-state index in [9.17, 15) is 4.79 Å². The number of ether oxygens (including phenoxy) is 1. The van der Waals surface area contributed by atoms with Crippen LogP contribution in [0.2, 0.25) is 5.02 Å². The zero-order valence-corrected chi connectivity index (χ0v) is 15.0. The van der Waals surface area contributed by atoms with E-state index in [1.165, 1.54) is 0 Å². The first-order chi connectivity index (χ1) is 12.6. The number of benzene rings is 2. The van der Waals surface area contributed by atoms with Gasteiger partial charge in [-0.25, -0.2) is 4.98 Å². The quantitative estimate of drug-likeness (QED) is 0.593. The highest BCUT2D eigenvalue weighted by Crippen LogP contribution is 2.28. The first kappa shape index (κ1) is 17.8. The molecule has 26 heavy (non-hydrogen) atoms. The highest BCUT2D eigenvalue weighted by molar-refractivity contribution is 6.30. The average molecular weight is 368 g/mol. The zero-order chi connectivity index (χ0) is 18.4. The molecule has 0 aliphatic carbocycles. The van der Waals surface area contributed by atoms with Crippen LogP contribution in [0.15, 0.2) is 66.9 Å². The number of rotatable bonds is 6. The third-order valence-electron chi connectivity index (χ3n) is 3.57. The third kappa shape index (κ3) is 4.74. The second-order valence-electron chi connectivity index (χ2n) is 5.51. The fourth-order valence-corrected chi connectivity index (χ4v) is 2.39. The number of hydrogen-bond acceptors (Lipinski definition) is 4. The summed E-state index contributed by atoms with van der Waals surface area (Å²) >= 11 is 5.89. The highest BCUT2D eigenvalue weighted by Gasteiger charge is 2.07. The standard InChI is InChI=1S/C20H18ClN3O2/c1-2-20(25)24-18-6-4-3-5-17(18)23-19-13-16(11-12-22-19)26-15-9-7-14(21)8-10-15/h3-13H,2H2,1H3,(H,22,23)(H,24,25). The van der Waals surface area contributed by atoms with Gasteiger partial charge in [-0.2, -0.15) is 0 Å². The summed E-state index contributed by atoms with van der Waals surface area (Å²) in [5.41, 5.74) is 1.45. The lowest BCUT2D eigenvalue weighted by atomic mass is 10.2. The third-order valence-corrected chi connectivity index (χ3v) is 3.82. The number of anilines is 3. The van der Waals surface area contributed by atoms with Gasteiger partial charge in [-0.15, -0.1) is 0 Å². The van der Waals surface area contributed by atoms with Crippen LogP contribution in [0.3, 0.4) is 0 Å². The lowest BCUT2D eigenvalue weighted by Gasteiger charge is -2.13.